The van der Waals surface area contributed by atoms with Crippen LogP contribution in [0, 0.1) is 0 Å². The van der Waals surface area contributed by atoms with Crippen LogP contribution < -0.4 is 17.3 Å². The van der Waals surface area contributed by atoms with Crippen molar-refractivity contribution in [3.8, 4) is 0 Å². The zero-order chi connectivity index (χ0) is 19.5. The lowest BCUT2D eigenvalue weighted by atomic mass is 10.2. The third-order valence-electron chi connectivity index (χ3n) is 4.71. The number of nitrogens with one attached hydrogen (secondary N) is 2. The van der Waals surface area contributed by atoms with Crippen LogP contribution in [0.1, 0.15) is 37.0 Å². The van der Waals surface area contributed by atoms with Gasteiger partial charge in [-0.25, -0.2) is 9.88 Å². The van der Waals surface area contributed by atoms with Crippen LogP contribution in [0.5, 0.6) is 0 Å². The van der Waals surface area contributed by atoms with E-state index in [2.05, 4.69) is 99.4 Å². The molecule has 1 unspecified atom stereocenters. The highest BCUT2D eigenvalue weighted by molar-refractivity contribution is 9.13. The van der Waals surface area contributed by atoms with Crippen molar-refractivity contribution in [2.75, 3.05) is 0 Å². The second kappa shape index (κ2) is 9.80. The van der Waals surface area contributed by atoms with Gasteiger partial charge in [-0.1, -0.05) is 25.5 Å². The fourth-order valence-corrected chi connectivity index (χ4v) is 4.08. The Morgan fingerprint density at radius 3 is 2.66 bits per heavy atom. The molecule has 10 heteroatoms. The quantitative estimate of drug-likeness (QED) is 0.454. The van der Waals surface area contributed by atoms with Crippen molar-refractivity contribution in [1.82, 2.24) is 30.2 Å². The molecule has 0 fully saturated rings. The maximum atomic E-state index is 4.65. The van der Waals surface area contributed by atoms with Crippen LogP contribution in [0.25, 0.3) is 5.70 Å². The number of halogens is 3. The predicted octanol–water partition coefficient (Wildman–Crippen LogP) is 0.401. The van der Waals surface area contributed by atoms with Crippen LogP contribution in [0.3, 0.4) is 0 Å². The highest BCUT2D eigenvalue weighted by atomic mass is 79.9. The van der Waals surface area contributed by atoms with Crippen LogP contribution in [0.2, 0.25) is 0 Å². The summed E-state index contributed by atoms with van der Waals surface area (Å²) in [5.41, 5.74) is 3.33. The van der Waals surface area contributed by atoms with Gasteiger partial charge in [0.2, 0.25) is 0 Å². The number of allylic oxidation sites excluding steroid dienone is 2. The van der Waals surface area contributed by atoms with Gasteiger partial charge in [0.15, 0.2) is 5.70 Å². The van der Waals surface area contributed by atoms with E-state index >= 15 is 0 Å². The smallest absolute Gasteiger partial charge is 0.258 e. The number of tetrazole rings is 1. The van der Waals surface area contributed by atoms with E-state index in [1.807, 2.05) is 12.2 Å². The highest BCUT2D eigenvalue weighted by Crippen LogP contribution is 2.26. The molecule has 1 atom stereocenters. The standard InChI is InChI=1S/C19H19Br2N7.ClH/c1-2-3-6-16-22-17(20)18(21)28(16)12-13-7-9-14(10-8-13)27-11-4-5-15(27)19-23-25-26-24-19;/h4-5,7-11H,2-3,6,12H2,1H3,(H,23,24,25,26);1H. The van der Waals surface area contributed by atoms with E-state index in [1.54, 1.807) is 0 Å². The Hall–Kier alpha value is -1.81. The van der Waals surface area contributed by atoms with Gasteiger partial charge in [-0.3, -0.25) is 0 Å². The monoisotopic (exact) mass is 539 g/mol. The number of benzene rings is 1. The number of H-pyrrole nitrogens is 1. The van der Waals surface area contributed by atoms with E-state index in [0.29, 0.717) is 5.82 Å². The lowest BCUT2D eigenvalue weighted by molar-refractivity contribution is -0.686. The highest BCUT2D eigenvalue weighted by Gasteiger charge is 2.24. The van der Waals surface area contributed by atoms with Crippen molar-refractivity contribution in [1.29, 1.82) is 0 Å². The first-order chi connectivity index (χ1) is 13.7. The SMILES string of the molecule is CCCCc1nc(Br)c(Br)n1Cc1ccc([NH+]2C=CC=C2c2nn[nH]n2)cc1.[Cl-]. The van der Waals surface area contributed by atoms with Crippen molar-refractivity contribution in [3.05, 3.63) is 69.0 Å². The van der Waals surface area contributed by atoms with Crippen LogP contribution in [0.15, 0.2) is 51.8 Å². The molecule has 4 rings (SSSR count). The molecule has 0 aliphatic carbocycles. The second-order valence-corrected chi connectivity index (χ2v) is 8.09. The van der Waals surface area contributed by atoms with Crippen LogP contribution >= 0.6 is 31.9 Å². The third-order valence-corrected chi connectivity index (χ3v) is 6.60. The van der Waals surface area contributed by atoms with Crippen molar-refractivity contribution in [3.63, 3.8) is 0 Å². The number of aromatic amines is 1. The topological polar surface area (TPSA) is 76.7 Å². The number of quaternary nitrogens is 1. The summed E-state index contributed by atoms with van der Waals surface area (Å²) in [6.07, 6.45) is 9.35. The van der Waals surface area contributed by atoms with Gasteiger partial charge in [-0.05, 0) is 55.1 Å². The molecular formula is C19H20Br2ClN7. The molecule has 1 aliphatic rings. The summed E-state index contributed by atoms with van der Waals surface area (Å²) in [7, 11) is 0. The number of unbranched alkanes of at least 4 members (excludes halogenated alkanes) is 1. The second-order valence-electron chi connectivity index (χ2n) is 6.58. The first-order valence-electron chi connectivity index (χ1n) is 9.16. The van der Waals surface area contributed by atoms with E-state index in [0.717, 1.165) is 57.1 Å². The molecule has 0 spiro atoms. The summed E-state index contributed by atoms with van der Waals surface area (Å²) < 4.78 is 4.07. The molecule has 3 heterocycles. The van der Waals surface area contributed by atoms with E-state index in [4.69, 9.17) is 0 Å². The summed E-state index contributed by atoms with van der Waals surface area (Å²) in [6.45, 7) is 2.97. The lowest BCUT2D eigenvalue weighted by Gasteiger charge is -2.13. The molecule has 0 bridgehead atoms. The number of imidazole rings is 1. The van der Waals surface area contributed by atoms with Gasteiger partial charge in [0, 0.05) is 31.2 Å². The number of nitrogens with zero attached hydrogens (tertiary/aromatic N) is 5. The number of rotatable bonds is 7. The maximum absolute atomic E-state index is 4.65. The van der Waals surface area contributed by atoms with Crippen molar-refractivity contribution < 1.29 is 17.3 Å². The molecule has 0 saturated carbocycles. The maximum Gasteiger partial charge on any atom is 0.258 e. The number of hydrogen-bond donors (Lipinski definition) is 2. The Bertz CT molecular complexity index is 1010. The first kappa shape index (κ1) is 21.9. The Morgan fingerprint density at radius 2 is 1.97 bits per heavy atom. The van der Waals surface area contributed by atoms with Gasteiger partial charge in [0.05, 0.1) is 0 Å². The molecule has 2 aromatic heterocycles. The van der Waals surface area contributed by atoms with Gasteiger partial charge in [0.1, 0.15) is 26.9 Å². The molecule has 2 N–H and O–H groups in total. The molecule has 7 nitrogen and oxygen atoms in total. The van der Waals surface area contributed by atoms with Gasteiger partial charge in [0.25, 0.3) is 5.82 Å². The largest absolute Gasteiger partial charge is 1.00 e. The molecule has 29 heavy (non-hydrogen) atoms. The number of hydrogen-bond acceptors (Lipinski definition) is 4. The van der Waals surface area contributed by atoms with Crippen LogP contribution in [0.4, 0.5) is 5.69 Å². The van der Waals surface area contributed by atoms with Gasteiger partial charge in [-0.2, -0.15) is 5.21 Å². The number of aromatic nitrogens is 6. The zero-order valence-corrected chi connectivity index (χ0v) is 19.7. The summed E-state index contributed by atoms with van der Waals surface area (Å²) in [5, 5.41) is 14.4. The average Bonchev–Trinajstić information content (AvgIpc) is 3.44. The fourth-order valence-electron chi connectivity index (χ4n) is 3.25. The normalized spacial score (nSPS) is 15.4. The molecular weight excluding hydrogens is 522 g/mol. The molecule has 1 aromatic carbocycles. The van der Waals surface area contributed by atoms with E-state index in [-0.39, 0.29) is 12.4 Å². The minimum atomic E-state index is 0. The van der Waals surface area contributed by atoms with Gasteiger partial charge in [-0.15, -0.1) is 10.2 Å². The minimum absolute atomic E-state index is 0. The zero-order valence-electron chi connectivity index (χ0n) is 15.7. The lowest BCUT2D eigenvalue weighted by Crippen LogP contribution is -3.00. The minimum Gasteiger partial charge on any atom is -1.00 e. The van der Waals surface area contributed by atoms with Crippen molar-refractivity contribution in [2.45, 2.75) is 32.7 Å². The van der Waals surface area contributed by atoms with E-state index in [1.165, 1.54) is 5.56 Å². The summed E-state index contributed by atoms with van der Waals surface area (Å²) in [6, 6.07) is 8.60. The summed E-state index contributed by atoms with van der Waals surface area (Å²) in [4.78, 5) is 5.75. The van der Waals surface area contributed by atoms with Crippen molar-refractivity contribution in [2.24, 2.45) is 0 Å². The molecule has 152 valence electrons. The van der Waals surface area contributed by atoms with Gasteiger partial charge >= 0.3 is 0 Å². The molecule has 0 saturated heterocycles. The molecule has 0 amide bonds. The molecule has 0 radical (unpaired) electrons. The van der Waals surface area contributed by atoms with E-state index < -0.39 is 0 Å². The van der Waals surface area contributed by atoms with Crippen LogP contribution in [-0.2, 0) is 13.0 Å². The summed E-state index contributed by atoms with van der Waals surface area (Å²) in [5.74, 6) is 1.71. The van der Waals surface area contributed by atoms with Crippen LogP contribution in [-0.4, -0.2) is 30.2 Å². The molecule has 1 aliphatic heterocycles. The first-order valence-corrected chi connectivity index (χ1v) is 10.7. The van der Waals surface area contributed by atoms with Gasteiger partial charge < -0.3 is 17.0 Å². The fraction of sp³-hybridized carbons (Fsp3) is 0.263. The average molecular weight is 542 g/mol. The molecule has 3 aromatic rings. The van der Waals surface area contributed by atoms with E-state index in [9.17, 15) is 0 Å². The predicted molar refractivity (Wildman–Crippen MR) is 114 cm³/mol. The Labute approximate surface area is 192 Å². The summed E-state index contributed by atoms with van der Waals surface area (Å²) >= 11 is 7.20. The third kappa shape index (κ3) is 4.69. The Balaban J connectivity index is 0.00000240. The number of aryl methyl sites for hydroxylation is 1. The Morgan fingerprint density at radius 1 is 1.17 bits per heavy atom. The Kier molecular flexibility index (Phi) is 7.39. The van der Waals surface area contributed by atoms with Crippen molar-refractivity contribution >= 4 is 43.2 Å².